The molecule has 0 fully saturated rings. The van der Waals surface area contributed by atoms with E-state index in [4.69, 9.17) is 4.74 Å². The normalized spacial score (nSPS) is 10.5. The van der Waals surface area contributed by atoms with E-state index in [1.807, 2.05) is 14.1 Å². The molecule has 0 aliphatic heterocycles. The summed E-state index contributed by atoms with van der Waals surface area (Å²) < 4.78 is 5.28. The molecule has 5 nitrogen and oxygen atoms in total. The Morgan fingerprint density at radius 1 is 1.57 bits per heavy atom. The van der Waals surface area contributed by atoms with Crippen LogP contribution >= 0.6 is 0 Å². The van der Waals surface area contributed by atoms with Gasteiger partial charge in [0, 0.05) is 6.54 Å². The van der Waals surface area contributed by atoms with Gasteiger partial charge in [-0.2, -0.15) is 0 Å². The van der Waals surface area contributed by atoms with Crippen LogP contribution in [0, 0.1) is 0 Å². The highest BCUT2D eigenvalue weighted by Crippen LogP contribution is 1.99. The average molecular weight is 197 g/mol. The first-order valence-corrected chi connectivity index (χ1v) is 4.51. The Morgan fingerprint density at radius 2 is 2.36 bits per heavy atom. The van der Waals surface area contributed by atoms with Crippen LogP contribution in [0.1, 0.15) is 6.42 Å². The van der Waals surface area contributed by atoms with E-state index < -0.39 is 0 Å². The molecule has 0 atom stereocenters. The summed E-state index contributed by atoms with van der Waals surface area (Å²) in [4.78, 5) is 19.2. The molecular formula is C9H15N3O2. The molecule has 0 radical (unpaired) electrons. The Bertz CT molecular complexity index is 322. The predicted molar refractivity (Wildman–Crippen MR) is 53.5 cm³/mol. The van der Waals surface area contributed by atoms with Crippen molar-refractivity contribution in [3.05, 3.63) is 22.7 Å². The van der Waals surface area contributed by atoms with E-state index in [1.54, 1.807) is 0 Å². The highest BCUT2D eigenvalue weighted by molar-refractivity contribution is 5.04. The van der Waals surface area contributed by atoms with Gasteiger partial charge in [0.15, 0.2) is 0 Å². The van der Waals surface area contributed by atoms with E-state index in [9.17, 15) is 4.79 Å². The smallest absolute Gasteiger partial charge is 0.254 e. The summed E-state index contributed by atoms with van der Waals surface area (Å²) in [6, 6.07) is 1.34. The molecule has 1 rings (SSSR count). The molecule has 0 aromatic carbocycles. The maximum Gasteiger partial charge on any atom is 0.254 e. The fourth-order valence-corrected chi connectivity index (χ4v) is 0.987. The van der Waals surface area contributed by atoms with Crippen LogP contribution in [0.5, 0.6) is 5.88 Å². The molecule has 1 aromatic rings. The van der Waals surface area contributed by atoms with Crippen LogP contribution in [0.3, 0.4) is 0 Å². The van der Waals surface area contributed by atoms with Crippen molar-refractivity contribution >= 4 is 0 Å². The molecule has 1 aromatic heterocycles. The zero-order valence-electron chi connectivity index (χ0n) is 8.49. The molecular weight excluding hydrogens is 182 g/mol. The van der Waals surface area contributed by atoms with Crippen LogP contribution in [0.15, 0.2) is 17.2 Å². The summed E-state index contributed by atoms with van der Waals surface area (Å²) in [7, 11) is 4.01. The third-order valence-corrected chi connectivity index (χ3v) is 1.65. The van der Waals surface area contributed by atoms with Crippen LogP contribution in [0.2, 0.25) is 0 Å². The maximum absolute atomic E-state index is 10.8. The van der Waals surface area contributed by atoms with E-state index >= 15 is 0 Å². The molecule has 0 aliphatic rings. The Morgan fingerprint density at radius 3 is 3.00 bits per heavy atom. The lowest BCUT2D eigenvalue weighted by Crippen LogP contribution is -2.16. The SMILES string of the molecule is CN(C)CCCOc1cc(=O)[nH]cn1. The first-order chi connectivity index (χ1) is 6.68. The van der Waals surface area contributed by atoms with Crippen molar-refractivity contribution in [3.8, 4) is 5.88 Å². The number of ether oxygens (including phenoxy) is 1. The summed E-state index contributed by atoms with van der Waals surface area (Å²) in [5.41, 5.74) is -0.192. The van der Waals surface area contributed by atoms with Crippen molar-refractivity contribution < 1.29 is 4.74 Å². The van der Waals surface area contributed by atoms with Crippen molar-refractivity contribution in [1.29, 1.82) is 0 Å². The fourth-order valence-electron chi connectivity index (χ4n) is 0.987. The Kier molecular flexibility index (Phi) is 4.12. The topological polar surface area (TPSA) is 58.2 Å². The van der Waals surface area contributed by atoms with Gasteiger partial charge in [-0.05, 0) is 20.5 Å². The molecule has 1 N–H and O–H groups in total. The van der Waals surface area contributed by atoms with Crippen LogP contribution < -0.4 is 10.3 Å². The van der Waals surface area contributed by atoms with Gasteiger partial charge >= 0.3 is 0 Å². The van der Waals surface area contributed by atoms with Gasteiger partial charge in [0.25, 0.3) is 5.56 Å². The van der Waals surface area contributed by atoms with Crippen molar-refractivity contribution in [1.82, 2.24) is 14.9 Å². The first-order valence-electron chi connectivity index (χ1n) is 4.51. The Balaban J connectivity index is 2.28. The second-order valence-electron chi connectivity index (χ2n) is 3.25. The number of hydrogen-bond donors (Lipinski definition) is 1. The highest BCUT2D eigenvalue weighted by Gasteiger charge is 1.96. The standard InChI is InChI=1S/C9H15N3O2/c1-12(2)4-3-5-14-9-6-8(13)10-7-11-9/h6-7H,3-5H2,1-2H3,(H,10,11,13). The van der Waals surface area contributed by atoms with Crippen LogP contribution in [0.4, 0.5) is 0 Å². The van der Waals surface area contributed by atoms with Crippen molar-refractivity contribution in [2.75, 3.05) is 27.2 Å². The Hall–Kier alpha value is -1.36. The Labute approximate surface area is 82.7 Å². The van der Waals surface area contributed by atoms with Crippen LogP contribution in [0.25, 0.3) is 0 Å². The van der Waals surface area contributed by atoms with Crippen LogP contribution in [-0.2, 0) is 0 Å². The largest absolute Gasteiger partial charge is 0.477 e. The predicted octanol–water partition coefficient (Wildman–Crippen LogP) is 0.100. The third kappa shape index (κ3) is 4.04. The summed E-state index contributed by atoms with van der Waals surface area (Å²) >= 11 is 0. The molecule has 14 heavy (non-hydrogen) atoms. The van der Waals surface area contributed by atoms with Crippen molar-refractivity contribution in [2.45, 2.75) is 6.42 Å². The lowest BCUT2D eigenvalue weighted by atomic mass is 10.4. The van der Waals surface area contributed by atoms with E-state index in [-0.39, 0.29) is 5.56 Å². The molecule has 5 heteroatoms. The van der Waals surface area contributed by atoms with E-state index in [0.29, 0.717) is 12.5 Å². The maximum atomic E-state index is 10.8. The van der Waals surface area contributed by atoms with Gasteiger partial charge in [-0.15, -0.1) is 0 Å². The lowest BCUT2D eigenvalue weighted by molar-refractivity contribution is 0.272. The van der Waals surface area contributed by atoms with E-state index in [1.165, 1.54) is 12.4 Å². The second kappa shape index (κ2) is 5.39. The molecule has 0 unspecified atom stereocenters. The minimum atomic E-state index is -0.192. The average Bonchev–Trinajstić information content (AvgIpc) is 2.12. The monoisotopic (exact) mass is 197 g/mol. The van der Waals surface area contributed by atoms with Crippen LogP contribution in [-0.4, -0.2) is 42.1 Å². The molecule has 0 spiro atoms. The third-order valence-electron chi connectivity index (χ3n) is 1.65. The zero-order chi connectivity index (χ0) is 10.4. The second-order valence-corrected chi connectivity index (χ2v) is 3.25. The summed E-state index contributed by atoms with van der Waals surface area (Å²) in [6.07, 6.45) is 2.26. The number of nitrogens with zero attached hydrogens (tertiary/aromatic N) is 2. The number of hydrogen-bond acceptors (Lipinski definition) is 4. The van der Waals surface area contributed by atoms with Crippen molar-refractivity contribution in [2.24, 2.45) is 0 Å². The summed E-state index contributed by atoms with van der Waals surface area (Å²) in [6.45, 7) is 1.54. The van der Waals surface area contributed by atoms with Gasteiger partial charge < -0.3 is 14.6 Å². The molecule has 0 saturated heterocycles. The minimum absolute atomic E-state index is 0.192. The van der Waals surface area contributed by atoms with Gasteiger partial charge in [0.1, 0.15) is 0 Å². The molecule has 78 valence electrons. The van der Waals surface area contributed by atoms with Gasteiger partial charge in [-0.3, -0.25) is 4.79 Å². The number of rotatable bonds is 5. The van der Waals surface area contributed by atoms with E-state index in [2.05, 4.69) is 14.9 Å². The molecule has 0 bridgehead atoms. The summed E-state index contributed by atoms with van der Waals surface area (Å²) in [5, 5.41) is 0. The number of nitrogens with one attached hydrogen (secondary N) is 1. The number of H-pyrrole nitrogens is 1. The molecule has 1 heterocycles. The van der Waals surface area contributed by atoms with Gasteiger partial charge in [0.2, 0.25) is 5.88 Å². The van der Waals surface area contributed by atoms with Gasteiger partial charge in [-0.25, -0.2) is 4.98 Å². The zero-order valence-corrected chi connectivity index (χ0v) is 8.49. The lowest BCUT2D eigenvalue weighted by Gasteiger charge is -2.09. The van der Waals surface area contributed by atoms with Gasteiger partial charge in [-0.1, -0.05) is 0 Å². The number of aromatic amines is 1. The fraction of sp³-hybridized carbons (Fsp3) is 0.556. The summed E-state index contributed by atoms with van der Waals surface area (Å²) in [5.74, 6) is 0.382. The molecule has 0 amide bonds. The van der Waals surface area contributed by atoms with E-state index in [0.717, 1.165) is 13.0 Å². The number of aromatic nitrogens is 2. The first kappa shape index (κ1) is 10.7. The molecule has 0 aliphatic carbocycles. The minimum Gasteiger partial charge on any atom is -0.477 e. The molecule has 0 saturated carbocycles. The quantitative estimate of drug-likeness (QED) is 0.680. The van der Waals surface area contributed by atoms with Gasteiger partial charge in [0.05, 0.1) is 19.0 Å². The highest BCUT2D eigenvalue weighted by atomic mass is 16.5. The van der Waals surface area contributed by atoms with Crippen molar-refractivity contribution in [3.63, 3.8) is 0 Å².